The van der Waals surface area contributed by atoms with E-state index >= 15 is 0 Å². The molecule has 0 bridgehead atoms. The number of carboxylic acid groups (broad SMARTS) is 1. The van der Waals surface area contributed by atoms with Gasteiger partial charge in [0.25, 0.3) is 0 Å². The van der Waals surface area contributed by atoms with E-state index in [1.54, 1.807) is 24.1 Å². The van der Waals surface area contributed by atoms with Crippen LogP contribution in [-0.4, -0.2) is 50.5 Å². The summed E-state index contributed by atoms with van der Waals surface area (Å²) in [5, 5.41) is 9.02. The maximum absolute atomic E-state index is 12.0. The molecule has 0 atom stereocenters. The Labute approximate surface area is 123 Å². The molecule has 0 unspecified atom stereocenters. The van der Waals surface area contributed by atoms with E-state index in [2.05, 4.69) is 0 Å². The molecule has 0 spiro atoms. The van der Waals surface area contributed by atoms with E-state index in [4.69, 9.17) is 14.6 Å². The Hall–Kier alpha value is -1.92. The van der Waals surface area contributed by atoms with Gasteiger partial charge in [0.15, 0.2) is 0 Å². The number of hydrogen-bond donors (Lipinski definition) is 1. The van der Waals surface area contributed by atoms with Gasteiger partial charge in [-0.15, -0.1) is 0 Å². The summed E-state index contributed by atoms with van der Waals surface area (Å²) >= 11 is 0. The molecule has 0 aliphatic carbocycles. The highest BCUT2D eigenvalue weighted by Crippen LogP contribution is 2.28. The van der Waals surface area contributed by atoms with Gasteiger partial charge < -0.3 is 19.5 Å². The minimum absolute atomic E-state index is 0.0425. The van der Waals surface area contributed by atoms with Gasteiger partial charge in [-0.2, -0.15) is 0 Å². The predicted octanol–water partition coefficient (Wildman–Crippen LogP) is 1.33. The van der Waals surface area contributed by atoms with Gasteiger partial charge in [-0.05, 0) is 30.2 Å². The van der Waals surface area contributed by atoms with Gasteiger partial charge in [-0.25, -0.2) is 4.79 Å². The van der Waals surface area contributed by atoms with Crippen LogP contribution in [0.25, 0.3) is 0 Å². The van der Waals surface area contributed by atoms with Crippen molar-refractivity contribution >= 4 is 17.6 Å². The zero-order valence-corrected chi connectivity index (χ0v) is 12.0. The van der Waals surface area contributed by atoms with Crippen LogP contribution < -0.4 is 4.90 Å². The van der Waals surface area contributed by atoms with Gasteiger partial charge in [0.2, 0.25) is 5.91 Å². The number of amides is 1. The molecule has 21 heavy (non-hydrogen) atoms. The first kappa shape index (κ1) is 15.5. The van der Waals surface area contributed by atoms with Crippen molar-refractivity contribution in [1.82, 2.24) is 0 Å². The molecule has 1 aromatic carbocycles. The van der Waals surface area contributed by atoms with Crippen LogP contribution in [0.5, 0.6) is 0 Å². The van der Waals surface area contributed by atoms with Gasteiger partial charge in [0, 0.05) is 25.8 Å². The Balaban J connectivity index is 2.05. The third-order valence-corrected chi connectivity index (χ3v) is 3.42. The number of methoxy groups -OCH3 is 1. The van der Waals surface area contributed by atoms with Gasteiger partial charge >= 0.3 is 5.97 Å². The van der Waals surface area contributed by atoms with E-state index in [1.165, 1.54) is 6.07 Å². The number of carbonyl (C=O) groups excluding carboxylic acids is 1. The number of fused-ring (bicyclic) bond motifs is 1. The lowest BCUT2D eigenvalue weighted by Gasteiger charge is -2.29. The number of hydrogen-bond acceptors (Lipinski definition) is 4. The van der Waals surface area contributed by atoms with E-state index in [0.29, 0.717) is 39.2 Å². The summed E-state index contributed by atoms with van der Waals surface area (Å²) in [6.45, 7) is 1.90. The van der Waals surface area contributed by atoms with Crippen molar-refractivity contribution in [2.45, 2.75) is 12.8 Å². The Morgan fingerprint density at radius 2 is 2.10 bits per heavy atom. The Morgan fingerprint density at radius 3 is 2.81 bits per heavy atom. The normalized spacial score (nSPS) is 14.1. The molecule has 0 saturated heterocycles. The van der Waals surface area contributed by atoms with Crippen LogP contribution in [0.2, 0.25) is 0 Å². The van der Waals surface area contributed by atoms with Crippen LogP contribution in [0.1, 0.15) is 22.3 Å². The SMILES string of the molecule is COCCOCCN1C(=O)CCc2cc(C(=O)O)ccc21. The van der Waals surface area contributed by atoms with Crippen molar-refractivity contribution in [3.05, 3.63) is 29.3 Å². The topological polar surface area (TPSA) is 76.1 Å². The highest BCUT2D eigenvalue weighted by molar-refractivity contribution is 5.97. The highest BCUT2D eigenvalue weighted by Gasteiger charge is 2.24. The number of carboxylic acids is 1. The van der Waals surface area contributed by atoms with Gasteiger partial charge in [-0.3, -0.25) is 4.79 Å². The lowest BCUT2D eigenvalue weighted by molar-refractivity contribution is -0.119. The average Bonchev–Trinajstić information content (AvgIpc) is 2.48. The fraction of sp³-hybridized carbons (Fsp3) is 0.467. The summed E-state index contributed by atoms with van der Waals surface area (Å²) < 4.78 is 10.3. The number of aromatic carboxylic acids is 1. The summed E-state index contributed by atoms with van der Waals surface area (Å²) in [6, 6.07) is 4.87. The molecule has 1 aliphatic rings. The highest BCUT2D eigenvalue weighted by atomic mass is 16.5. The van der Waals surface area contributed by atoms with Crippen molar-refractivity contribution in [3.8, 4) is 0 Å². The molecule has 0 aromatic heterocycles. The number of anilines is 1. The molecule has 6 heteroatoms. The van der Waals surface area contributed by atoms with E-state index in [1.807, 2.05) is 0 Å². The molecule has 114 valence electrons. The second kappa shape index (κ2) is 7.19. The predicted molar refractivity (Wildman–Crippen MR) is 76.8 cm³/mol. The summed E-state index contributed by atoms with van der Waals surface area (Å²) in [6.07, 6.45) is 0.977. The van der Waals surface area contributed by atoms with Crippen molar-refractivity contribution in [1.29, 1.82) is 0 Å². The lowest BCUT2D eigenvalue weighted by atomic mass is 9.99. The third kappa shape index (κ3) is 3.80. The molecule has 6 nitrogen and oxygen atoms in total. The Morgan fingerprint density at radius 1 is 1.29 bits per heavy atom. The standard InChI is InChI=1S/C15H19NO5/c1-20-8-9-21-7-6-16-13-4-2-12(15(18)19)10-11(13)3-5-14(16)17/h2,4,10H,3,5-9H2,1H3,(H,18,19). The summed E-state index contributed by atoms with van der Waals surface area (Å²) in [5.41, 5.74) is 1.93. The molecule has 0 fully saturated rings. The minimum Gasteiger partial charge on any atom is -0.478 e. The molecule has 1 aliphatic heterocycles. The average molecular weight is 293 g/mol. The quantitative estimate of drug-likeness (QED) is 0.767. The first-order valence-electron chi connectivity index (χ1n) is 6.86. The molecular formula is C15H19NO5. The molecule has 2 rings (SSSR count). The van der Waals surface area contributed by atoms with Crippen LogP contribution in [0, 0.1) is 0 Å². The first-order chi connectivity index (χ1) is 10.1. The summed E-state index contributed by atoms with van der Waals surface area (Å²) in [7, 11) is 1.60. The van der Waals surface area contributed by atoms with E-state index < -0.39 is 5.97 Å². The van der Waals surface area contributed by atoms with Crippen LogP contribution in [0.3, 0.4) is 0 Å². The third-order valence-electron chi connectivity index (χ3n) is 3.42. The van der Waals surface area contributed by atoms with Crippen molar-refractivity contribution < 1.29 is 24.2 Å². The number of carbonyl (C=O) groups is 2. The molecular weight excluding hydrogens is 274 g/mol. The number of ether oxygens (including phenoxy) is 2. The number of aryl methyl sites for hydroxylation is 1. The van der Waals surface area contributed by atoms with E-state index in [0.717, 1.165) is 11.3 Å². The zero-order chi connectivity index (χ0) is 15.2. The lowest BCUT2D eigenvalue weighted by Crippen LogP contribution is -2.37. The van der Waals surface area contributed by atoms with Crippen LogP contribution in [0.4, 0.5) is 5.69 Å². The number of nitrogens with zero attached hydrogens (tertiary/aromatic N) is 1. The number of benzene rings is 1. The van der Waals surface area contributed by atoms with E-state index in [-0.39, 0.29) is 11.5 Å². The summed E-state index contributed by atoms with van der Waals surface area (Å²) in [5.74, 6) is -0.912. The van der Waals surface area contributed by atoms with Crippen LogP contribution >= 0.6 is 0 Å². The smallest absolute Gasteiger partial charge is 0.335 e. The molecule has 1 N–H and O–H groups in total. The number of rotatable bonds is 7. The summed E-state index contributed by atoms with van der Waals surface area (Å²) in [4.78, 5) is 24.7. The minimum atomic E-state index is -0.954. The van der Waals surface area contributed by atoms with Gasteiger partial charge in [-0.1, -0.05) is 0 Å². The second-order valence-electron chi connectivity index (χ2n) is 4.80. The van der Waals surface area contributed by atoms with Crippen molar-refractivity contribution in [3.63, 3.8) is 0 Å². The fourth-order valence-electron chi connectivity index (χ4n) is 2.34. The Bertz CT molecular complexity index is 529. The zero-order valence-electron chi connectivity index (χ0n) is 12.0. The largest absolute Gasteiger partial charge is 0.478 e. The second-order valence-corrected chi connectivity index (χ2v) is 4.80. The van der Waals surface area contributed by atoms with Crippen molar-refractivity contribution in [2.24, 2.45) is 0 Å². The van der Waals surface area contributed by atoms with Crippen LogP contribution in [0.15, 0.2) is 18.2 Å². The fourth-order valence-corrected chi connectivity index (χ4v) is 2.34. The molecule has 0 radical (unpaired) electrons. The van der Waals surface area contributed by atoms with Gasteiger partial charge in [0.05, 0.1) is 25.4 Å². The maximum atomic E-state index is 12.0. The van der Waals surface area contributed by atoms with Crippen molar-refractivity contribution in [2.75, 3.05) is 38.4 Å². The Kier molecular flexibility index (Phi) is 5.30. The maximum Gasteiger partial charge on any atom is 0.335 e. The first-order valence-corrected chi connectivity index (χ1v) is 6.86. The molecule has 1 heterocycles. The molecule has 1 amide bonds. The molecule has 0 saturated carbocycles. The van der Waals surface area contributed by atoms with Crippen LogP contribution in [-0.2, 0) is 20.7 Å². The molecule has 1 aromatic rings. The van der Waals surface area contributed by atoms with E-state index in [9.17, 15) is 9.59 Å². The van der Waals surface area contributed by atoms with Gasteiger partial charge in [0.1, 0.15) is 0 Å². The monoisotopic (exact) mass is 293 g/mol.